The zero-order valence-electron chi connectivity index (χ0n) is 19.4. The van der Waals surface area contributed by atoms with E-state index in [0.29, 0.717) is 17.9 Å². The number of carbonyl (C=O) groups is 1. The van der Waals surface area contributed by atoms with Crippen molar-refractivity contribution in [2.45, 2.75) is 52.5 Å². The second-order valence-electron chi connectivity index (χ2n) is 8.50. The Morgan fingerprint density at radius 2 is 1.90 bits per heavy atom. The van der Waals surface area contributed by atoms with Crippen molar-refractivity contribution >= 4 is 17.5 Å². The van der Waals surface area contributed by atoms with Gasteiger partial charge >= 0.3 is 0 Å². The summed E-state index contributed by atoms with van der Waals surface area (Å²) in [7, 11) is 1.80. The molecule has 1 saturated carbocycles. The predicted octanol–water partition coefficient (Wildman–Crippen LogP) is 4.43. The molecule has 2 aromatic rings. The van der Waals surface area contributed by atoms with Crippen LogP contribution in [0.5, 0.6) is 0 Å². The summed E-state index contributed by atoms with van der Waals surface area (Å²) >= 11 is 0. The summed E-state index contributed by atoms with van der Waals surface area (Å²) in [6.07, 6.45) is 4.40. The number of nitrogens with one attached hydrogen (secondary N) is 3. The van der Waals surface area contributed by atoms with Crippen LogP contribution in [-0.4, -0.2) is 37.1 Å². The van der Waals surface area contributed by atoms with E-state index in [1.54, 1.807) is 19.2 Å². The third kappa shape index (κ3) is 9.39. The fourth-order valence-corrected chi connectivity index (χ4v) is 3.23. The highest BCUT2D eigenvalue weighted by molar-refractivity contribution is 5.95. The fraction of sp³-hybridized carbons (Fsp3) is 0.520. The van der Waals surface area contributed by atoms with Crippen molar-refractivity contribution in [1.82, 2.24) is 10.3 Å². The summed E-state index contributed by atoms with van der Waals surface area (Å²) in [4.78, 5) is 16.9. The van der Waals surface area contributed by atoms with E-state index in [1.807, 2.05) is 18.2 Å². The molecule has 1 fully saturated rings. The van der Waals surface area contributed by atoms with Crippen LogP contribution in [0.4, 0.5) is 11.6 Å². The van der Waals surface area contributed by atoms with Gasteiger partial charge in [-0.3, -0.25) is 4.79 Å². The number of carbonyl (C=O) groups excluding carboxylic acids is 1. The summed E-state index contributed by atoms with van der Waals surface area (Å²) in [6, 6.07) is 13.8. The molecule has 1 amide bonds. The standard InChI is InChI=1S/C18H31N5O.C7H8/c1-4-5-6-15(19)11-22-18(24)13-8-16(20-3)23-17(9-13)21-10-14-7-12(14)2;1-7-5-3-2-4-6-7/h8-9,12,14-15H,4-7,10-11,19H2,1-3H3,(H,22,24)(H2,20,21,23);2-6H,1H3/t12?,14?,15-;/m0./s1. The zero-order valence-corrected chi connectivity index (χ0v) is 19.4. The molecule has 0 radical (unpaired) electrons. The van der Waals surface area contributed by atoms with Gasteiger partial charge in [0.2, 0.25) is 0 Å². The van der Waals surface area contributed by atoms with Gasteiger partial charge in [0.05, 0.1) is 0 Å². The molecular formula is C25H39N5O. The topological polar surface area (TPSA) is 92.1 Å². The lowest BCUT2D eigenvalue weighted by atomic mass is 10.1. The molecule has 31 heavy (non-hydrogen) atoms. The highest BCUT2D eigenvalue weighted by atomic mass is 16.1. The van der Waals surface area contributed by atoms with Gasteiger partial charge in [-0.15, -0.1) is 0 Å². The van der Waals surface area contributed by atoms with E-state index in [4.69, 9.17) is 5.73 Å². The van der Waals surface area contributed by atoms with E-state index < -0.39 is 0 Å². The number of hydrogen-bond acceptors (Lipinski definition) is 5. The van der Waals surface area contributed by atoms with Crippen LogP contribution in [0.2, 0.25) is 0 Å². The Kier molecular flexibility index (Phi) is 10.3. The lowest BCUT2D eigenvalue weighted by Crippen LogP contribution is -2.37. The molecule has 170 valence electrons. The number of nitrogens with zero attached hydrogens (tertiary/aromatic N) is 1. The van der Waals surface area contributed by atoms with E-state index in [2.05, 4.69) is 53.8 Å². The van der Waals surface area contributed by atoms with Crippen LogP contribution < -0.4 is 21.7 Å². The van der Waals surface area contributed by atoms with Gasteiger partial charge in [0.15, 0.2) is 0 Å². The van der Waals surface area contributed by atoms with Crippen molar-refractivity contribution in [3.63, 3.8) is 0 Å². The summed E-state index contributed by atoms with van der Waals surface area (Å²) in [6.45, 7) is 7.88. The predicted molar refractivity (Wildman–Crippen MR) is 131 cm³/mol. The summed E-state index contributed by atoms with van der Waals surface area (Å²) in [5, 5.41) is 9.28. The molecule has 5 N–H and O–H groups in total. The molecule has 0 spiro atoms. The number of unbranched alkanes of at least 4 members (excludes halogenated alkanes) is 1. The van der Waals surface area contributed by atoms with E-state index in [1.165, 1.54) is 12.0 Å². The van der Waals surface area contributed by atoms with Crippen LogP contribution in [0.3, 0.4) is 0 Å². The second-order valence-corrected chi connectivity index (χ2v) is 8.50. The molecule has 0 bridgehead atoms. The Balaban J connectivity index is 0.000000412. The summed E-state index contributed by atoms with van der Waals surface area (Å²) < 4.78 is 0. The Morgan fingerprint density at radius 1 is 1.23 bits per heavy atom. The van der Waals surface area contributed by atoms with Crippen molar-refractivity contribution in [1.29, 1.82) is 0 Å². The number of anilines is 2. The first-order chi connectivity index (χ1) is 14.9. The smallest absolute Gasteiger partial charge is 0.251 e. The first-order valence-corrected chi connectivity index (χ1v) is 11.4. The minimum atomic E-state index is -0.108. The number of aromatic nitrogens is 1. The first-order valence-electron chi connectivity index (χ1n) is 11.4. The number of pyridine rings is 1. The summed E-state index contributed by atoms with van der Waals surface area (Å²) in [5.74, 6) is 2.82. The number of amides is 1. The molecule has 3 atom stereocenters. The highest BCUT2D eigenvalue weighted by Gasteiger charge is 2.32. The lowest BCUT2D eigenvalue weighted by Gasteiger charge is -2.14. The van der Waals surface area contributed by atoms with Crippen LogP contribution >= 0.6 is 0 Å². The first kappa shape index (κ1) is 24.7. The average molecular weight is 426 g/mol. The van der Waals surface area contributed by atoms with Crippen LogP contribution in [0.1, 0.15) is 55.5 Å². The molecule has 6 heteroatoms. The maximum absolute atomic E-state index is 12.4. The van der Waals surface area contributed by atoms with E-state index in [0.717, 1.165) is 43.5 Å². The number of rotatable bonds is 10. The number of nitrogens with two attached hydrogens (primary N) is 1. The number of aryl methyl sites for hydroxylation is 1. The summed E-state index contributed by atoms with van der Waals surface area (Å²) in [5.41, 5.74) is 7.94. The maximum Gasteiger partial charge on any atom is 0.251 e. The Labute approximate surface area is 187 Å². The molecular weight excluding hydrogens is 386 g/mol. The maximum atomic E-state index is 12.4. The molecule has 1 aromatic heterocycles. The molecule has 6 nitrogen and oxygen atoms in total. The quantitative estimate of drug-likeness (QED) is 0.452. The molecule has 0 saturated heterocycles. The second kappa shape index (κ2) is 13.0. The minimum absolute atomic E-state index is 0.00783. The zero-order chi connectivity index (χ0) is 22.6. The van der Waals surface area contributed by atoms with Gasteiger partial charge in [-0.2, -0.15) is 0 Å². The Bertz CT molecular complexity index is 796. The van der Waals surface area contributed by atoms with Gasteiger partial charge in [-0.05, 0) is 43.7 Å². The number of benzene rings is 1. The minimum Gasteiger partial charge on any atom is -0.373 e. The van der Waals surface area contributed by atoms with E-state index in [9.17, 15) is 4.79 Å². The van der Waals surface area contributed by atoms with Crippen LogP contribution in [0.25, 0.3) is 0 Å². The molecule has 3 rings (SSSR count). The molecule has 1 aliphatic carbocycles. The average Bonchev–Trinajstić information content (AvgIpc) is 3.50. The fourth-order valence-electron chi connectivity index (χ4n) is 3.23. The SMILES string of the molecule is CCCC[C@H](N)CNC(=O)c1cc(NC)nc(NCC2CC2C)c1.Cc1ccccc1. The van der Waals surface area contributed by atoms with Gasteiger partial charge in [0.25, 0.3) is 5.91 Å². The monoisotopic (exact) mass is 425 g/mol. The molecule has 1 heterocycles. The van der Waals surface area contributed by atoms with Crippen LogP contribution in [0, 0.1) is 18.8 Å². The van der Waals surface area contributed by atoms with E-state index in [-0.39, 0.29) is 11.9 Å². The molecule has 1 aliphatic rings. The normalized spacial score (nSPS) is 17.7. The Morgan fingerprint density at radius 3 is 2.45 bits per heavy atom. The van der Waals surface area contributed by atoms with Crippen molar-refractivity contribution < 1.29 is 4.79 Å². The van der Waals surface area contributed by atoms with Gasteiger partial charge in [-0.25, -0.2) is 4.98 Å². The highest BCUT2D eigenvalue weighted by Crippen LogP contribution is 2.37. The van der Waals surface area contributed by atoms with Crippen molar-refractivity contribution in [3.05, 3.63) is 53.6 Å². The van der Waals surface area contributed by atoms with Crippen molar-refractivity contribution in [2.24, 2.45) is 17.6 Å². The van der Waals surface area contributed by atoms with Gasteiger partial charge in [-0.1, -0.05) is 62.6 Å². The van der Waals surface area contributed by atoms with E-state index >= 15 is 0 Å². The third-order valence-electron chi connectivity index (χ3n) is 5.56. The number of hydrogen-bond donors (Lipinski definition) is 4. The Hall–Kier alpha value is -2.60. The molecule has 2 unspecified atom stereocenters. The molecule has 0 aliphatic heterocycles. The van der Waals surface area contributed by atoms with Gasteiger partial charge in [0, 0.05) is 31.7 Å². The largest absolute Gasteiger partial charge is 0.373 e. The third-order valence-corrected chi connectivity index (χ3v) is 5.56. The van der Waals surface area contributed by atoms with Gasteiger partial charge < -0.3 is 21.7 Å². The van der Waals surface area contributed by atoms with Crippen molar-refractivity contribution in [2.75, 3.05) is 30.8 Å². The molecule has 1 aromatic carbocycles. The lowest BCUT2D eigenvalue weighted by molar-refractivity contribution is 0.0950. The van der Waals surface area contributed by atoms with Crippen LogP contribution in [-0.2, 0) is 0 Å². The van der Waals surface area contributed by atoms with Gasteiger partial charge in [0.1, 0.15) is 11.6 Å². The van der Waals surface area contributed by atoms with Crippen molar-refractivity contribution in [3.8, 4) is 0 Å². The van der Waals surface area contributed by atoms with Crippen LogP contribution in [0.15, 0.2) is 42.5 Å².